The largest absolute Gasteiger partial charge is 0.384 e. The maximum absolute atomic E-state index is 13.6. The van der Waals surface area contributed by atoms with E-state index in [4.69, 9.17) is 23.2 Å². The Balaban J connectivity index is 1.83. The molecule has 1 unspecified atom stereocenters. The van der Waals surface area contributed by atoms with Crippen molar-refractivity contribution in [2.24, 2.45) is 11.8 Å². The smallest absolute Gasteiger partial charge is 0.123 e. The fraction of sp³-hybridized carbons (Fsp3) is 0.280. The minimum absolute atomic E-state index is 0.130. The summed E-state index contributed by atoms with van der Waals surface area (Å²) in [6.45, 7) is 4.06. The van der Waals surface area contributed by atoms with Crippen LogP contribution < -0.4 is 5.32 Å². The highest BCUT2D eigenvalue weighted by Crippen LogP contribution is 2.52. The van der Waals surface area contributed by atoms with E-state index in [0.717, 1.165) is 11.1 Å². The number of rotatable bonds is 3. The number of nitrogens with one attached hydrogen (secondary N) is 1. The lowest BCUT2D eigenvalue weighted by molar-refractivity contribution is -0.118. The third kappa shape index (κ3) is 3.76. The SMILES string of the molecule is C[C@@H]1[C@H](c2ccc(Cl)cc2)N[C@@H](c2ccc(Cl)cc2)[C@H](C)C1(O)c1ccc(F)cc1. The molecule has 1 aliphatic heterocycles. The van der Waals surface area contributed by atoms with Crippen LogP contribution in [0.2, 0.25) is 10.0 Å². The third-order valence-electron chi connectivity index (χ3n) is 6.51. The van der Waals surface area contributed by atoms with Crippen LogP contribution in [0.5, 0.6) is 0 Å². The average molecular weight is 444 g/mol. The lowest BCUT2D eigenvalue weighted by atomic mass is 9.63. The molecule has 3 aromatic carbocycles. The second-order valence-electron chi connectivity index (χ2n) is 8.13. The van der Waals surface area contributed by atoms with Gasteiger partial charge in [0.15, 0.2) is 0 Å². The summed E-state index contributed by atoms with van der Waals surface area (Å²) in [5.41, 5.74) is 1.62. The van der Waals surface area contributed by atoms with Crippen LogP contribution >= 0.6 is 23.2 Å². The van der Waals surface area contributed by atoms with E-state index in [9.17, 15) is 9.50 Å². The van der Waals surface area contributed by atoms with Gasteiger partial charge in [0, 0.05) is 34.0 Å². The van der Waals surface area contributed by atoms with Crippen molar-refractivity contribution in [3.8, 4) is 0 Å². The highest BCUT2D eigenvalue weighted by Gasteiger charge is 2.52. The van der Waals surface area contributed by atoms with Crippen LogP contribution in [0.3, 0.4) is 0 Å². The summed E-state index contributed by atoms with van der Waals surface area (Å²) >= 11 is 12.2. The maximum atomic E-state index is 13.6. The second kappa shape index (κ2) is 8.32. The number of piperidine rings is 1. The van der Waals surface area contributed by atoms with Gasteiger partial charge in [-0.15, -0.1) is 0 Å². The quantitative estimate of drug-likeness (QED) is 0.473. The molecule has 2 nitrogen and oxygen atoms in total. The van der Waals surface area contributed by atoms with Gasteiger partial charge in [0.2, 0.25) is 0 Å². The summed E-state index contributed by atoms with van der Waals surface area (Å²) in [7, 11) is 0. The Morgan fingerprint density at radius 2 is 1.13 bits per heavy atom. The van der Waals surface area contributed by atoms with Crippen molar-refractivity contribution in [3.05, 3.63) is 105 Å². The average Bonchev–Trinajstić information content (AvgIpc) is 2.74. The Kier molecular flexibility index (Phi) is 5.91. The molecule has 0 radical (unpaired) electrons. The molecule has 1 fully saturated rings. The zero-order valence-electron chi connectivity index (χ0n) is 16.8. The van der Waals surface area contributed by atoms with E-state index in [1.165, 1.54) is 12.1 Å². The zero-order valence-corrected chi connectivity index (χ0v) is 18.3. The Hall–Kier alpha value is -1.91. The van der Waals surface area contributed by atoms with Gasteiger partial charge in [0.05, 0.1) is 5.60 Å². The first-order chi connectivity index (χ1) is 14.3. The van der Waals surface area contributed by atoms with Gasteiger partial charge >= 0.3 is 0 Å². The van der Waals surface area contributed by atoms with Gasteiger partial charge in [-0.1, -0.05) is 73.4 Å². The lowest BCUT2D eigenvalue weighted by Crippen LogP contribution is -2.55. The lowest BCUT2D eigenvalue weighted by Gasteiger charge is -2.52. The van der Waals surface area contributed by atoms with Crippen molar-refractivity contribution in [1.82, 2.24) is 5.32 Å². The van der Waals surface area contributed by atoms with Gasteiger partial charge in [-0.05, 0) is 53.1 Å². The number of benzene rings is 3. The van der Waals surface area contributed by atoms with Crippen LogP contribution in [0, 0.1) is 17.7 Å². The fourth-order valence-corrected chi connectivity index (χ4v) is 5.01. The van der Waals surface area contributed by atoms with Crippen molar-refractivity contribution in [2.45, 2.75) is 31.5 Å². The first-order valence-corrected chi connectivity index (χ1v) is 10.8. The maximum Gasteiger partial charge on any atom is 0.123 e. The topological polar surface area (TPSA) is 32.3 Å². The second-order valence-corrected chi connectivity index (χ2v) is 9.01. The molecule has 0 saturated carbocycles. The molecule has 0 spiro atoms. The summed E-state index contributed by atoms with van der Waals surface area (Å²) in [6, 6.07) is 21.3. The van der Waals surface area contributed by atoms with E-state index in [1.807, 2.05) is 62.4 Å². The summed E-state index contributed by atoms with van der Waals surface area (Å²) < 4.78 is 13.6. The van der Waals surface area contributed by atoms with E-state index in [1.54, 1.807) is 12.1 Å². The van der Waals surface area contributed by atoms with Crippen molar-refractivity contribution in [1.29, 1.82) is 0 Å². The molecule has 30 heavy (non-hydrogen) atoms. The predicted molar refractivity (Wildman–Crippen MR) is 120 cm³/mol. The third-order valence-corrected chi connectivity index (χ3v) is 7.02. The summed E-state index contributed by atoms with van der Waals surface area (Å²) in [5.74, 6) is -0.675. The van der Waals surface area contributed by atoms with Gasteiger partial charge in [0.25, 0.3) is 0 Å². The molecule has 1 saturated heterocycles. The number of hydrogen-bond acceptors (Lipinski definition) is 2. The molecule has 3 aromatic rings. The molecule has 5 heteroatoms. The Morgan fingerprint density at radius 1 is 0.733 bits per heavy atom. The van der Waals surface area contributed by atoms with Crippen LogP contribution in [-0.4, -0.2) is 5.11 Å². The van der Waals surface area contributed by atoms with Crippen molar-refractivity contribution in [3.63, 3.8) is 0 Å². The molecular formula is C25H24Cl2FNO. The van der Waals surface area contributed by atoms with Gasteiger partial charge in [0.1, 0.15) is 5.82 Å². The molecule has 156 valence electrons. The standard InChI is InChI=1S/C25H24Cl2FNO/c1-15-23(17-3-9-20(26)10-4-17)29-24(18-5-11-21(27)12-6-18)16(2)25(15,30)19-7-13-22(28)14-8-19/h3-16,23-24,29-30H,1-2H3/t15-,16+,23-,24-,25?/m1/s1. The van der Waals surface area contributed by atoms with Gasteiger partial charge in [-0.25, -0.2) is 4.39 Å². The normalized spacial score (nSPS) is 29.0. The van der Waals surface area contributed by atoms with Gasteiger partial charge < -0.3 is 10.4 Å². The molecule has 2 N–H and O–H groups in total. The molecule has 1 aliphatic rings. The molecule has 0 aromatic heterocycles. The Bertz CT molecular complexity index is 947. The molecule has 0 amide bonds. The van der Waals surface area contributed by atoms with Crippen LogP contribution in [0.4, 0.5) is 4.39 Å². The highest BCUT2D eigenvalue weighted by molar-refractivity contribution is 6.30. The molecule has 4 rings (SSSR count). The molecular weight excluding hydrogens is 420 g/mol. The summed E-state index contributed by atoms with van der Waals surface area (Å²) in [6.07, 6.45) is 0. The Morgan fingerprint density at radius 3 is 1.53 bits per heavy atom. The molecule has 0 bridgehead atoms. The van der Waals surface area contributed by atoms with E-state index >= 15 is 0 Å². The molecule has 1 heterocycles. The van der Waals surface area contributed by atoms with Crippen LogP contribution in [0.25, 0.3) is 0 Å². The Labute approximate surface area is 186 Å². The summed E-state index contributed by atoms with van der Waals surface area (Å²) in [4.78, 5) is 0. The van der Waals surface area contributed by atoms with Crippen LogP contribution in [0.1, 0.15) is 42.6 Å². The van der Waals surface area contributed by atoms with E-state index in [2.05, 4.69) is 5.32 Å². The minimum Gasteiger partial charge on any atom is -0.384 e. The van der Waals surface area contributed by atoms with Crippen LogP contribution in [-0.2, 0) is 5.60 Å². The first-order valence-electron chi connectivity index (χ1n) is 10.1. The number of hydrogen-bond donors (Lipinski definition) is 2. The predicted octanol–water partition coefficient (Wildman–Crippen LogP) is 6.68. The van der Waals surface area contributed by atoms with Gasteiger partial charge in [-0.3, -0.25) is 0 Å². The van der Waals surface area contributed by atoms with Gasteiger partial charge in [-0.2, -0.15) is 0 Å². The first kappa shape index (κ1) is 21.3. The highest BCUT2D eigenvalue weighted by atomic mass is 35.5. The zero-order chi connectivity index (χ0) is 21.5. The fourth-order valence-electron chi connectivity index (χ4n) is 4.76. The minimum atomic E-state index is -1.17. The number of aliphatic hydroxyl groups is 1. The van der Waals surface area contributed by atoms with E-state index < -0.39 is 5.60 Å². The van der Waals surface area contributed by atoms with Crippen molar-refractivity contribution in [2.75, 3.05) is 0 Å². The number of halogens is 3. The molecule has 5 atom stereocenters. The monoisotopic (exact) mass is 443 g/mol. The summed E-state index contributed by atoms with van der Waals surface area (Å²) in [5, 5.41) is 17.2. The molecule has 0 aliphatic carbocycles. The van der Waals surface area contributed by atoms with E-state index in [-0.39, 0.29) is 29.7 Å². The van der Waals surface area contributed by atoms with E-state index in [0.29, 0.717) is 15.6 Å². The van der Waals surface area contributed by atoms with Crippen LogP contribution in [0.15, 0.2) is 72.8 Å². The van der Waals surface area contributed by atoms with Crippen molar-refractivity contribution >= 4 is 23.2 Å². The van der Waals surface area contributed by atoms with Crippen molar-refractivity contribution < 1.29 is 9.50 Å².